The molecule has 0 unspecified atom stereocenters. The van der Waals surface area contributed by atoms with Crippen LogP contribution in [0.25, 0.3) is 16.2 Å². The molecule has 0 N–H and O–H groups in total. The van der Waals surface area contributed by atoms with E-state index in [0.29, 0.717) is 0 Å². The van der Waals surface area contributed by atoms with E-state index in [4.69, 9.17) is 4.98 Å². The van der Waals surface area contributed by atoms with Gasteiger partial charge < -0.3 is 9.80 Å². The van der Waals surface area contributed by atoms with Crippen molar-refractivity contribution in [1.29, 1.82) is 0 Å². The number of fused-ring (bicyclic) bond motifs is 1. The summed E-state index contributed by atoms with van der Waals surface area (Å²) < 4.78 is 1.90. The second-order valence-corrected chi connectivity index (χ2v) is 6.33. The number of aromatic nitrogens is 3. The van der Waals surface area contributed by atoms with Gasteiger partial charge in [-0.25, -0.2) is 9.50 Å². The standard InChI is InChI=1S/C15H17N5S/c1-18-7-9-19(10-8-18)15-17-20-11-13(16-14(20)21-15)12-5-3-2-4-6-12/h2-6,11H,7-10H2,1H3. The Hall–Kier alpha value is -1.92. The third kappa shape index (κ3) is 2.41. The predicted molar refractivity (Wildman–Crippen MR) is 86.0 cm³/mol. The van der Waals surface area contributed by atoms with Crippen LogP contribution in [0, 0.1) is 0 Å². The average molecular weight is 299 g/mol. The van der Waals surface area contributed by atoms with Crippen LogP contribution >= 0.6 is 11.3 Å². The highest BCUT2D eigenvalue weighted by molar-refractivity contribution is 7.20. The third-order valence-electron chi connectivity index (χ3n) is 3.88. The topological polar surface area (TPSA) is 36.7 Å². The fraction of sp³-hybridized carbons (Fsp3) is 0.333. The van der Waals surface area contributed by atoms with Gasteiger partial charge in [0.2, 0.25) is 10.1 Å². The van der Waals surface area contributed by atoms with Crippen LogP contribution in [-0.2, 0) is 0 Å². The highest BCUT2D eigenvalue weighted by Crippen LogP contribution is 2.27. The molecule has 0 spiro atoms. The van der Waals surface area contributed by atoms with Crippen LogP contribution < -0.4 is 4.90 Å². The van der Waals surface area contributed by atoms with Gasteiger partial charge in [0.25, 0.3) is 0 Å². The largest absolute Gasteiger partial charge is 0.344 e. The zero-order valence-electron chi connectivity index (χ0n) is 11.9. The van der Waals surface area contributed by atoms with Crippen LogP contribution in [0.1, 0.15) is 0 Å². The molecular weight excluding hydrogens is 282 g/mol. The van der Waals surface area contributed by atoms with Gasteiger partial charge >= 0.3 is 0 Å². The molecule has 1 aromatic carbocycles. The predicted octanol–water partition coefficient (Wildman–Crippen LogP) is 2.21. The maximum atomic E-state index is 4.70. The molecule has 6 heteroatoms. The maximum Gasteiger partial charge on any atom is 0.214 e. The molecule has 0 atom stereocenters. The fourth-order valence-electron chi connectivity index (χ4n) is 2.56. The van der Waals surface area contributed by atoms with E-state index in [1.54, 1.807) is 11.3 Å². The number of imidazole rings is 1. The first kappa shape index (κ1) is 12.8. The summed E-state index contributed by atoms with van der Waals surface area (Å²) >= 11 is 1.67. The van der Waals surface area contributed by atoms with Gasteiger partial charge in [-0.1, -0.05) is 41.7 Å². The molecule has 4 rings (SSSR count). The summed E-state index contributed by atoms with van der Waals surface area (Å²) in [4.78, 5) is 10.4. The Balaban J connectivity index is 1.62. The molecule has 0 aliphatic carbocycles. The van der Waals surface area contributed by atoms with Gasteiger partial charge in [-0.05, 0) is 7.05 Å². The molecule has 2 aromatic heterocycles. The number of benzene rings is 1. The SMILES string of the molecule is CN1CCN(c2nn3cc(-c4ccccc4)nc3s2)CC1. The Morgan fingerprint density at radius 2 is 1.81 bits per heavy atom. The number of anilines is 1. The smallest absolute Gasteiger partial charge is 0.214 e. The Kier molecular flexibility index (Phi) is 3.12. The third-order valence-corrected chi connectivity index (χ3v) is 4.86. The highest BCUT2D eigenvalue weighted by Gasteiger charge is 2.18. The fourth-order valence-corrected chi connectivity index (χ4v) is 3.50. The minimum atomic E-state index is 0.961. The summed E-state index contributed by atoms with van der Waals surface area (Å²) in [6, 6.07) is 10.2. The first-order valence-electron chi connectivity index (χ1n) is 7.15. The minimum Gasteiger partial charge on any atom is -0.344 e. The van der Waals surface area contributed by atoms with Gasteiger partial charge in [-0.3, -0.25) is 0 Å². The molecule has 0 saturated carbocycles. The summed E-state index contributed by atoms with van der Waals surface area (Å²) in [5.41, 5.74) is 2.12. The van der Waals surface area contributed by atoms with Crippen molar-refractivity contribution >= 4 is 21.4 Å². The quantitative estimate of drug-likeness (QED) is 0.727. The lowest BCUT2D eigenvalue weighted by molar-refractivity contribution is 0.312. The van der Waals surface area contributed by atoms with Crippen LogP contribution in [0.5, 0.6) is 0 Å². The second kappa shape index (κ2) is 5.13. The van der Waals surface area contributed by atoms with Gasteiger partial charge in [0.05, 0.1) is 11.9 Å². The number of rotatable bonds is 2. The summed E-state index contributed by atoms with van der Waals surface area (Å²) in [5.74, 6) is 0. The van der Waals surface area contributed by atoms with Crippen molar-refractivity contribution in [2.24, 2.45) is 0 Å². The van der Waals surface area contributed by atoms with E-state index in [9.17, 15) is 0 Å². The number of likely N-dealkylation sites (N-methyl/N-ethyl adjacent to an activating group) is 1. The molecule has 0 amide bonds. The van der Waals surface area contributed by atoms with Crippen molar-refractivity contribution in [2.75, 3.05) is 38.1 Å². The molecular formula is C15H17N5S. The van der Waals surface area contributed by atoms with Gasteiger partial charge in [0, 0.05) is 31.7 Å². The molecule has 5 nitrogen and oxygen atoms in total. The monoisotopic (exact) mass is 299 g/mol. The van der Waals surface area contributed by atoms with E-state index in [0.717, 1.165) is 47.5 Å². The Morgan fingerprint density at radius 3 is 2.52 bits per heavy atom. The lowest BCUT2D eigenvalue weighted by Crippen LogP contribution is -2.44. The van der Waals surface area contributed by atoms with Gasteiger partial charge in [-0.15, -0.1) is 5.10 Å². The number of nitrogens with zero attached hydrogens (tertiary/aromatic N) is 5. The van der Waals surface area contributed by atoms with Gasteiger partial charge in [0.15, 0.2) is 0 Å². The first-order chi connectivity index (χ1) is 10.3. The zero-order chi connectivity index (χ0) is 14.2. The van der Waals surface area contributed by atoms with Crippen LogP contribution in [0.4, 0.5) is 5.13 Å². The summed E-state index contributed by atoms with van der Waals surface area (Å²) in [7, 11) is 2.16. The van der Waals surface area contributed by atoms with E-state index in [1.807, 2.05) is 28.9 Å². The molecule has 1 saturated heterocycles. The summed E-state index contributed by atoms with van der Waals surface area (Å²) in [6.07, 6.45) is 2.01. The molecule has 3 aromatic rings. The highest BCUT2D eigenvalue weighted by atomic mass is 32.1. The van der Waals surface area contributed by atoms with E-state index in [1.165, 1.54) is 0 Å². The van der Waals surface area contributed by atoms with Gasteiger partial charge in [-0.2, -0.15) is 0 Å². The van der Waals surface area contributed by atoms with Crippen LogP contribution in [-0.4, -0.2) is 52.7 Å². The Bertz CT molecular complexity index is 708. The molecule has 21 heavy (non-hydrogen) atoms. The van der Waals surface area contributed by atoms with Crippen molar-refractivity contribution in [1.82, 2.24) is 19.5 Å². The lowest BCUT2D eigenvalue weighted by Gasteiger charge is -2.31. The number of piperazine rings is 1. The van der Waals surface area contributed by atoms with E-state index >= 15 is 0 Å². The molecule has 0 radical (unpaired) electrons. The maximum absolute atomic E-state index is 4.70. The summed E-state index contributed by atoms with van der Waals surface area (Å²) in [6.45, 7) is 4.27. The van der Waals surface area contributed by atoms with E-state index < -0.39 is 0 Å². The average Bonchev–Trinajstić information content (AvgIpc) is 3.07. The number of hydrogen-bond donors (Lipinski definition) is 0. The Labute approximate surface area is 127 Å². The minimum absolute atomic E-state index is 0.961. The van der Waals surface area contributed by atoms with Crippen LogP contribution in [0.2, 0.25) is 0 Å². The van der Waals surface area contributed by atoms with Crippen LogP contribution in [0.15, 0.2) is 36.5 Å². The van der Waals surface area contributed by atoms with Crippen LogP contribution in [0.3, 0.4) is 0 Å². The molecule has 1 aliphatic rings. The normalized spacial score (nSPS) is 16.7. The molecule has 0 bridgehead atoms. The first-order valence-corrected chi connectivity index (χ1v) is 7.96. The van der Waals surface area contributed by atoms with Crippen molar-refractivity contribution in [3.63, 3.8) is 0 Å². The lowest BCUT2D eigenvalue weighted by atomic mass is 10.2. The van der Waals surface area contributed by atoms with Crippen molar-refractivity contribution < 1.29 is 0 Å². The molecule has 108 valence electrons. The summed E-state index contributed by atoms with van der Waals surface area (Å²) in [5, 5.41) is 5.76. The second-order valence-electron chi connectivity index (χ2n) is 5.39. The van der Waals surface area contributed by atoms with Gasteiger partial charge in [0.1, 0.15) is 0 Å². The molecule has 3 heterocycles. The molecule has 1 aliphatic heterocycles. The van der Waals surface area contributed by atoms with E-state index in [2.05, 4.69) is 34.1 Å². The number of hydrogen-bond acceptors (Lipinski definition) is 5. The van der Waals surface area contributed by atoms with Crippen molar-refractivity contribution in [3.8, 4) is 11.3 Å². The zero-order valence-corrected chi connectivity index (χ0v) is 12.8. The van der Waals surface area contributed by atoms with Crippen molar-refractivity contribution in [2.45, 2.75) is 0 Å². The molecule has 1 fully saturated rings. The van der Waals surface area contributed by atoms with E-state index in [-0.39, 0.29) is 0 Å². The van der Waals surface area contributed by atoms with Crippen molar-refractivity contribution in [3.05, 3.63) is 36.5 Å². The Morgan fingerprint density at radius 1 is 1.05 bits per heavy atom.